The Morgan fingerprint density at radius 3 is 2.41 bits per heavy atom. The molecule has 0 aromatic heterocycles. The molecule has 0 aliphatic heterocycles. The van der Waals surface area contributed by atoms with Crippen LogP contribution in [-0.4, -0.2) is 11.4 Å². The lowest BCUT2D eigenvalue weighted by molar-refractivity contribution is -0.0328. The van der Waals surface area contributed by atoms with Crippen molar-refractivity contribution in [2.24, 2.45) is 0 Å². The molecule has 0 spiro atoms. The topological polar surface area (TPSA) is 0 Å². The first-order valence-electron chi connectivity index (χ1n) is 4.95. The van der Waals surface area contributed by atoms with Crippen LogP contribution in [-0.2, 0) is 12.3 Å². The SMILES string of the molecule is FC(F)(F)Sc1ccc(CCCCl)cc1CCl. The monoisotopic (exact) mass is 302 g/mol. The van der Waals surface area contributed by atoms with E-state index in [1.807, 2.05) is 0 Å². The van der Waals surface area contributed by atoms with E-state index in [1.54, 1.807) is 12.1 Å². The summed E-state index contributed by atoms with van der Waals surface area (Å²) in [5, 5.41) is 0. The average molecular weight is 303 g/mol. The van der Waals surface area contributed by atoms with Gasteiger partial charge in [-0.15, -0.1) is 23.2 Å². The lowest BCUT2D eigenvalue weighted by atomic mass is 10.1. The molecule has 0 atom stereocenters. The smallest absolute Gasteiger partial charge is 0.160 e. The van der Waals surface area contributed by atoms with Gasteiger partial charge in [0.1, 0.15) is 0 Å². The molecule has 0 amide bonds. The van der Waals surface area contributed by atoms with E-state index in [9.17, 15) is 13.2 Å². The van der Waals surface area contributed by atoms with Gasteiger partial charge in [-0.25, -0.2) is 0 Å². The summed E-state index contributed by atoms with van der Waals surface area (Å²) in [5.41, 5.74) is -2.80. The Balaban J connectivity index is 2.85. The van der Waals surface area contributed by atoms with Crippen molar-refractivity contribution in [2.45, 2.75) is 29.1 Å². The number of thioether (sulfide) groups is 1. The van der Waals surface area contributed by atoms with Gasteiger partial charge in [0.15, 0.2) is 0 Å². The summed E-state index contributed by atoms with van der Waals surface area (Å²) >= 11 is 11.1. The van der Waals surface area contributed by atoms with Crippen molar-refractivity contribution in [3.8, 4) is 0 Å². The van der Waals surface area contributed by atoms with Crippen LogP contribution in [0, 0.1) is 0 Å². The standard InChI is InChI=1S/C11H11Cl2F3S/c12-5-1-2-8-3-4-10(9(6-8)7-13)17-11(14,15)16/h3-4,6H,1-2,5,7H2. The maximum absolute atomic E-state index is 12.3. The zero-order valence-electron chi connectivity index (χ0n) is 8.86. The minimum atomic E-state index is -4.28. The molecule has 0 saturated carbocycles. The summed E-state index contributed by atoms with van der Waals surface area (Å²) in [6.45, 7) is 0. The summed E-state index contributed by atoms with van der Waals surface area (Å²) in [4.78, 5) is 0.169. The second-order valence-corrected chi connectivity index (χ2v) is 5.17. The third-order valence-corrected chi connectivity index (χ3v) is 3.50. The van der Waals surface area contributed by atoms with Crippen LogP contribution >= 0.6 is 35.0 Å². The van der Waals surface area contributed by atoms with Crippen LogP contribution in [0.15, 0.2) is 23.1 Å². The second kappa shape index (κ2) is 6.76. The molecule has 1 aromatic carbocycles. The molecule has 0 N–H and O–H groups in total. The van der Waals surface area contributed by atoms with Crippen LogP contribution in [0.2, 0.25) is 0 Å². The van der Waals surface area contributed by atoms with Crippen LogP contribution in [0.25, 0.3) is 0 Å². The van der Waals surface area contributed by atoms with Crippen LogP contribution < -0.4 is 0 Å². The molecule has 17 heavy (non-hydrogen) atoms. The second-order valence-electron chi connectivity index (χ2n) is 3.42. The molecule has 0 fully saturated rings. The fourth-order valence-electron chi connectivity index (χ4n) is 1.39. The molecule has 0 unspecified atom stereocenters. The van der Waals surface area contributed by atoms with Gasteiger partial charge in [-0.05, 0) is 41.8 Å². The summed E-state index contributed by atoms with van der Waals surface area (Å²) in [5.74, 6) is 0.613. The number of hydrogen-bond acceptors (Lipinski definition) is 1. The predicted octanol–water partition coefficient (Wildman–Crippen LogP) is 5.21. The predicted molar refractivity (Wildman–Crippen MR) is 67.0 cm³/mol. The number of rotatable bonds is 5. The molecule has 0 heterocycles. The largest absolute Gasteiger partial charge is 0.446 e. The summed E-state index contributed by atoms with van der Waals surface area (Å²) in [6.07, 6.45) is 1.55. The normalized spacial score (nSPS) is 11.8. The third kappa shape index (κ3) is 5.40. The van der Waals surface area contributed by atoms with Crippen molar-refractivity contribution in [1.82, 2.24) is 0 Å². The summed E-state index contributed by atoms with van der Waals surface area (Å²) < 4.78 is 36.8. The van der Waals surface area contributed by atoms with Crippen LogP contribution in [0.4, 0.5) is 13.2 Å². The molecule has 6 heteroatoms. The lowest BCUT2D eigenvalue weighted by Gasteiger charge is -2.11. The van der Waals surface area contributed by atoms with E-state index >= 15 is 0 Å². The molecular weight excluding hydrogens is 292 g/mol. The molecule has 1 aromatic rings. The first-order valence-corrected chi connectivity index (χ1v) is 6.84. The van der Waals surface area contributed by atoms with E-state index < -0.39 is 5.51 Å². The van der Waals surface area contributed by atoms with Crippen molar-refractivity contribution in [2.75, 3.05) is 5.88 Å². The first-order chi connectivity index (χ1) is 7.96. The lowest BCUT2D eigenvalue weighted by Crippen LogP contribution is -2.01. The van der Waals surface area contributed by atoms with E-state index in [0.29, 0.717) is 11.4 Å². The zero-order chi connectivity index (χ0) is 12.9. The van der Waals surface area contributed by atoms with Gasteiger partial charge in [0.25, 0.3) is 0 Å². The van der Waals surface area contributed by atoms with Crippen LogP contribution in [0.5, 0.6) is 0 Å². The van der Waals surface area contributed by atoms with E-state index in [1.165, 1.54) is 6.07 Å². The third-order valence-electron chi connectivity index (χ3n) is 2.09. The van der Waals surface area contributed by atoms with Gasteiger partial charge < -0.3 is 0 Å². The fraction of sp³-hybridized carbons (Fsp3) is 0.455. The Morgan fingerprint density at radius 2 is 1.88 bits per heavy atom. The highest BCUT2D eigenvalue weighted by Crippen LogP contribution is 2.39. The zero-order valence-corrected chi connectivity index (χ0v) is 11.2. The number of benzene rings is 1. The molecule has 0 nitrogen and oxygen atoms in total. The average Bonchev–Trinajstić information content (AvgIpc) is 2.25. The molecule has 0 radical (unpaired) electrons. The van der Waals surface area contributed by atoms with Gasteiger partial charge in [-0.2, -0.15) is 13.2 Å². The van der Waals surface area contributed by atoms with E-state index in [2.05, 4.69) is 0 Å². The van der Waals surface area contributed by atoms with Gasteiger partial charge in [0.05, 0.1) is 0 Å². The Morgan fingerprint density at radius 1 is 1.18 bits per heavy atom. The number of alkyl halides is 5. The van der Waals surface area contributed by atoms with E-state index in [-0.39, 0.29) is 22.5 Å². The molecular formula is C11H11Cl2F3S. The maximum atomic E-state index is 12.3. The van der Waals surface area contributed by atoms with Gasteiger partial charge in [0, 0.05) is 16.7 Å². The minimum Gasteiger partial charge on any atom is -0.160 e. The van der Waals surface area contributed by atoms with Gasteiger partial charge in [0.2, 0.25) is 0 Å². The van der Waals surface area contributed by atoms with Crippen LogP contribution in [0.3, 0.4) is 0 Å². The molecule has 96 valence electrons. The highest BCUT2D eigenvalue weighted by atomic mass is 35.5. The van der Waals surface area contributed by atoms with E-state index in [0.717, 1.165) is 18.4 Å². The Kier molecular flexibility index (Phi) is 5.97. The van der Waals surface area contributed by atoms with Gasteiger partial charge in [-0.1, -0.05) is 12.1 Å². The Bertz CT molecular complexity index is 366. The summed E-state index contributed by atoms with van der Waals surface area (Å²) in [7, 11) is 0. The van der Waals surface area contributed by atoms with Crippen molar-refractivity contribution in [1.29, 1.82) is 0 Å². The molecule has 1 rings (SSSR count). The van der Waals surface area contributed by atoms with Crippen molar-refractivity contribution < 1.29 is 13.2 Å². The highest BCUT2D eigenvalue weighted by molar-refractivity contribution is 8.00. The molecule has 0 saturated heterocycles. The molecule has 0 aliphatic carbocycles. The first kappa shape index (κ1) is 15.0. The van der Waals surface area contributed by atoms with Crippen molar-refractivity contribution >= 4 is 35.0 Å². The number of aryl methyl sites for hydroxylation is 1. The van der Waals surface area contributed by atoms with Gasteiger partial charge >= 0.3 is 5.51 Å². The maximum Gasteiger partial charge on any atom is 0.446 e. The van der Waals surface area contributed by atoms with Crippen LogP contribution in [0.1, 0.15) is 17.5 Å². The summed E-state index contributed by atoms with van der Waals surface area (Å²) in [6, 6.07) is 4.88. The van der Waals surface area contributed by atoms with E-state index in [4.69, 9.17) is 23.2 Å². The minimum absolute atomic E-state index is 0.0765. The van der Waals surface area contributed by atoms with Crippen molar-refractivity contribution in [3.05, 3.63) is 29.3 Å². The van der Waals surface area contributed by atoms with Crippen molar-refractivity contribution in [3.63, 3.8) is 0 Å². The number of hydrogen-bond donors (Lipinski definition) is 0. The highest BCUT2D eigenvalue weighted by Gasteiger charge is 2.30. The Hall–Kier alpha value is -0.0600. The molecule has 0 bridgehead atoms. The fourth-order valence-corrected chi connectivity index (χ4v) is 2.47. The quantitative estimate of drug-likeness (QED) is 0.531. The Labute approximate surface area is 112 Å². The van der Waals surface area contributed by atoms with Gasteiger partial charge in [-0.3, -0.25) is 0 Å². The molecule has 0 aliphatic rings. The number of halogens is 5.